The molecule has 0 aromatic heterocycles. The minimum atomic E-state index is -0.651. The number of amides is 1. The van der Waals surface area contributed by atoms with Crippen LogP contribution in [0.3, 0.4) is 0 Å². The fraction of sp³-hybridized carbons (Fsp3) is 0.429. The van der Waals surface area contributed by atoms with Gasteiger partial charge in [0.15, 0.2) is 0 Å². The van der Waals surface area contributed by atoms with Crippen molar-refractivity contribution < 1.29 is 4.79 Å². The highest BCUT2D eigenvalue weighted by molar-refractivity contribution is 5.84. The van der Waals surface area contributed by atoms with Gasteiger partial charge < -0.3 is 10.6 Å². The molecule has 0 spiro atoms. The highest BCUT2D eigenvalue weighted by Crippen LogP contribution is 2.48. The van der Waals surface area contributed by atoms with Crippen molar-refractivity contribution in [3.8, 4) is 6.07 Å². The van der Waals surface area contributed by atoms with Gasteiger partial charge in [0.1, 0.15) is 12.1 Å². The average Bonchev–Trinajstić information content (AvgIpc) is 3.09. The highest BCUT2D eigenvalue weighted by Gasteiger charge is 2.54. The van der Waals surface area contributed by atoms with E-state index in [0.29, 0.717) is 5.92 Å². The summed E-state index contributed by atoms with van der Waals surface area (Å²) in [5.74, 6) is 0.416. The Morgan fingerprint density at radius 2 is 2.11 bits per heavy atom. The van der Waals surface area contributed by atoms with Crippen LogP contribution < -0.4 is 5.73 Å². The van der Waals surface area contributed by atoms with Crippen molar-refractivity contribution in [1.82, 2.24) is 4.90 Å². The van der Waals surface area contributed by atoms with Crippen LogP contribution in [0.1, 0.15) is 24.4 Å². The van der Waals surface area contributed by atoms with Crippen molar-refractivity contribution in [3.05, 3.63) is 35.9 Å². The topological polar surface area (TPSA) is 70.1 Å². The Morgan fingerprint density at radius 3 is 2.78 bits per heavy atom. The van der Waals surface area contributed by atoms with E-state index >= 15 is 0 Å². The smallest absolute Gasteiger partial charge is 0.245 e. The summed E-state index contributed by atoms with van der Waals surface area (Å²) in [5, 5.41) is 9.09. The SMILES string of the molecule is N#C[C@@H]1C[C@@H]2C[C@@H]2N1C(=O)[C@@H](N)c1ccccc1. The predicted molar refractivity (Wildman–Crippen MR) is 66.1 cm³/mol. The number of carbonyl (C=O) groups excluding carboxylic acids is 1. The van der Waals surface area contributed by atoms with E-state index in [1.807, 2.05) is 30.3 Å². The van der Waals surface area contributed by atoms with Crippen molar-refractivity contribution in [2.45, 2.75) is 31.0 Å². The molecule has 2 N–H and O–H groups in total. The molecule has 1 saturated heterocycles. The van der Waals surface area contributed by atoms with Gasteiger partial charge in [0.25, 0.3) is 0 Å². The third-order valence-electron chi connectivity index (χ3n) is 3.93. The van der Waals surface area contributed by atoms with Gasteiger partial charge >= 0.3 is 0 Å². The van der Waals surface area contributed by atoms with Crippen LogP contribution in [0.2, 0.25) is 0 Å². The first-order valence-electron chi connectivity index (χ1n) is 6.24. The lowest BCUT2D eigenvalue weighted by molar-refractivity contribution is -0.133. The van der Waals surface area contributed by atoms with Crippen LogP contribution in [0.15, 0.2) is 30.3 Å². The fourth-order valence-electron chi connectivity index (χ4n) is 2.85. The Morgan fingerprint density at radius 1 is 1.39 bits per heavy atom. The maximum atomic E-state index is 12.4. The van der Waals surface area contributed by atoms with Crippen molar-refractivity contribution in [3.63, 3.8) is 0 Å². The van der Waals surface area contributed by atoms with Crippen molar-refractivity contribution >= 4 is 5.91 Å². The van der Waals surface area contributed by atoms with E-state index in [2.05, 4.69) is 6.07 Å². The van der Waals surface area contributed by atoms with Gasteiger partial charge in [-0.2, -0.15) is 5.26 Å². The Bertz CT molecular complexity index is 508. The van der Waals surface area contributed by atoms with Gasteiger partial charge in [0.2, 0.25) is 5.91 Å². The summed E-state index contributed by atoms with van der Waals surface area (Å²) in [4.78, 5) is 14.1. The molecule has 1 saturated carbocycles. The lowest BCUT2D eigenvalue weighted by Crippen LogP contribution is -2.43. The number of hydrogen-bond acceptors (Lipinski definition) is 3. The number of hydrogen-bond donors (Lipinski definition) is 1. The number of rotatable bonds is 2. The summed E-state index contributed by atoms with van der Waals surface area (Å²) >= 11 is 0. The Kier molecular flexibility index (Phi) is 2.57. The number of nitrogens with two attached hydrogens (primary N) is 1. The van der Waals surface area contributed by atoms with Gasteiger partial charge in [-0.25, -0.2) is 0 Å². The van der Waals surface area contributed by atoms with Crippen LogP contribution in [0.25, 0.3) is 0 Å². The zero-order valence-corrected chi connectivity index (χ0v) is 9.99. The molecule has 18 heavy (non-hydrogen) atoms. The molecular formula is C14H15N3O. The van der Waals surface area contributed by atoms with Gasteiger partial charge in [0, 0.05) is 6.04 Å². The first-order chi connectivity index (χ1) is 8.72. The number of piperidine rings is 1. The van der Waals surface area contributed by atoms with Gasteiger partial charge in [-0.3, -0.25) is 4.79 Å². The molecule has 1 aromatic carbocycles. The van der Waals surface area contributed by atoms with Gasteiger partial charge in [0.05, 0.1) is 6.07 Å². The number of benzene rings is 1. The monoisotopic (exact) mass is 241 g/mol. The maximum Gasteiger partial charge on any atom is 0.245 e. The van der Waals surface area contributed by atoms with E-state index in [1.165, 1.54) is 0 Å². The Balaban J connectivity index is 1.81. The molecular weight excluding hydrogens is 226 g/mol. The van der Waals surface area contributed by atoms with E-state index < -0.39 is 6.04 Å². The lowest BCUT2D eigenvalue weighted by atomic mass is 10.1. The number of nitrogens with zero attached hydrogens (tertiary/aromatic N) is 2. The second kappa shape index (κ2) is 4.11. The van der Waals surface area contributed by atoms with Crippen LogP contribution in [0.5, 0.6) is 0 Å². The molecule has 1 aliphatic heterocycles. The van der Waals surface area contributed by atoms with Crippen molar-refractivity contribution in [1.29, 1.82) is 5.26 Å². The Labute approximate surface area is 106 Å². The molecule has 3 rings (SSSR count). The van der Waals surface area contributed by atoms with Crippen LogP contribution in [-0.2, 0) is 4.79 Å². The Hall–Kier alpha value is -1.86. The fourth-order valence-corrected chi connectivity index (χ4v) is 2.85. The minimum absolute atomic E-state index is 0.113. The summed E-state index contributed by atoms with van der Waals surface area (Å²) in [7, 11) is 0. The molecule has 4 atom stereocenters. The van der Waals surface area contributed by atoms with Crippen molar-refractivity contribution in [2.75, 3.05) is 0 Å². The van der Waals surface area contributed by atoms with Crippen LogP contribution in [0.4, 0.5) is 0 Å². The van der Waals surface area contributed by atoms with E-state index in [4.69, 9.17) is 11.0 Å². The highest BCUT2D eigenvalue weighted by atomic mass is 16.2. The largest absolute Gasteiger partial charge is 0.322 e. The first kappa shape index (κ1) is 11.2. The molecule has 2 fully saturated rings. The van der Waals surface area contributed by atoms with Crippen molar-refractivity contribution in [2.24, 2.45) is 11.7 Å². The quantitative estimate of drug-likeness (QED) is 0.845. The van der Waals surface area contributed by atoms with Crippen LogP contribution in [-0.4, -0.2) is 22.9 Å². The second-order valence-electron chi connectivity index (χ2n) is 5.08. The molecule has 0 unspecified atom stereocenters. The zero-order valence-electron chi connectivity index (χ0n) is 9.99. The number of carbonyl (C=O) groups is 1. The second-order valence-corrected chi connectivity index (χ2v) is 5.08. The molecule has 1 amide bonds. The summed E-state index contributed by atoms with van der Waals surface area (Å²) in [5.41, 5.74) is 6.82. The van der Waals surface area contributed by atoms with Gasteiger partial charge in [-0.15, -0.1) is 0 Å². The van der Waals surface area contributed by atoms with E-state index in [9.17, 15) is 4.79 Å². The molecule has 4 nitrogen and oxygen atoms in total. The normalized spacial score (nSPS) is 30.4. The molecule has 2 aliphatic rings. The number of likely N-dealkylation sites (tertiary alicyclic amines) is 1. The molecule has 1 aliphatic carbocycles. The van der Waals surface area contributed by atoms with E-state index in [0.717, 1.165) is 18.4 Å². The van der Waals surface area contributed by atoms with Gasteiger partial charge in [-0.05, 0) is 24.3 Å². The maximum absolute atomic E-state index is 12.4. The zero-order chi connectivity index (χ0) is 12.7. The minimum Gasteiger partial charge on any atom is -0.322 e. The summed E-state index contributed by atoms with van der Waals surface area (Å²) in [6, 6.07) is 10.9. The van der Waals surface area contributed by atoms with Crippen LogP contribution >= 0.6 is 0 Å². The summed E-state index contributed by atoms with van der Waals surface area (Å²) in [6.07, 6.45) is 1.85. The number of nitriles is 1. The van der Waals surface area contributed by atoms with Crippen LogP contribution in [0, 0.1) is 17.2 Å². The molecule has 1 heterocycles. The number of fused-ring (bicyclic) bond motifs is 1. The first-order valence-corrected chi connectivity index (χ1v) is 6.24. The molecule has 0 bridgehead atoms. The van der Waals surface area contributed by atoms with E-state index in [-0.39, 0.29) is 18.0 Å². The van der Waals surface area contributed by atoms with Gasteiger partial charge in [-0.1, -0.05) is 30.3 Å². The summed E-state index contributed by atoms with van der Waals surface area (Å²) < 4.78 is 0. The lowest BCUT2D eigenvalue weighted by Gasteiger charge is -2.26. The summed E-state index contributed by atoms with van der Waals surface area (Å²) in [6.45, 7) is 0. The third-order valence-corrected chi connectivity index (χ3v) is 3.93. The average molecular weight is 241 g/mol. The predicted octanol–water partition coefficient (Wildman–Crippen LogP) is 1.20. The van der Waals surface area contributed by atoms with E-state index in [1.54, 1.807) is 4.90 Å². The standard InChI is InChI=1S/C14H15N3O/c15-8-11-6-10-7-12(10)17(11)14(18)13(16)9-4-2-1-3-5-9/h1-5,10-13H,6-7,16H2/t10-,11+,12+,13+/m1/s1. The molecule has 4 heteroatoms. The third kappa shape index (κ3) is 1.68. The molecule has 1 aromatic rings. The molecule has 0 radical (unpaired) electrons. The molecule has 92 valence electrons.